The number of ether oxygens (including phenoxy) is 1. The largest absolute Gasteiger partial charge is 0.479 e. The number of carbonyl (C=O) groups excluding carboxylic acids is 1. The SMILES string of the molecule is CC/C(C(=O)OC(C)C(=O)O)=C(\Br)C(=O)O. The predicted molar refractivity (Wildman–Crippen MR) is 57.1 cm³/mol. The zero-order valence-corrected chi connectivity index (χ0v) is 10.3. The Morgan fingerprint density at radius 3 is 2.12 bits per heavy atom. The van der Waals surface area contributed by atoms with Crippen LogP contribution in [0.3, 0.4) is 0 Å². The van der Waals surface area contributed by atoms with E-state index < -0.39 is 24.0 Å². The van der Waals surface area contributed by atoms with Crippen molar-refractivity contribution in [1.82, 2.24) is 0 Å². The minimum Gasteiger partial charge on any atom is -0.479 e. The molecule has 1 atom stereocenters. The molecule has 0 aromatic heterocycles. The summed E-state index contributed by atoms with van der Waals surface area (Å²) in [4.78, 5) is 32.4. The highest BCUT2D eigenvalue weighted by Crippen LogP contribution is 2.17. The molecule has 0 bridgehead atoms. The number of halogens is 1. The molecule has 0 saturated carbocycles. The van der Waals surface area contributed by atoms with Crippen LogP contribution in [0.5, 0.6) is 0 Å². The lowest BCUT2D eigenvalue weighted by atomic mass is 10.2. The minimum atomic E-state index is -1.32. The topological polar surface area (TPSA) is 101 Å². The van der Waals surface area contributed by atoms with Crippen molar-refractivity contribution in [1.29, 1.82) is 0 Å². The summed E-state index contributed by atoms with van der Waals surface area (Å²) in [5, 5.41) is 17.2. The first kappa shape index (κ1) is 14.6. The van der Waals surface area contributed by atoms with E-state index in [4.69, 9.17) is 10.2 Å². The fourth-order valence-electron chi connectivity index (χ4n) is 0.800. The number of carboxylic acids is 2. The number of esters is 1. The van der Waals surface area contributed by atoms with Gasteiger partial charge < -0.3 is 14.9 Å². The highest BCUT2D eigenvalue weighted by atomic mass is 79.9. The van der Waals surface area contributed by atoms with Gasteiger partial charge >= 0.3 is 17.9 Å². The van der Waals surface area contributed by atoms with Crippen LogP contribution in [-0.4, -0.2) is 34.2 Å². The number of carboxylic acid groups (broad SMARTS) is 2. The standard InChI is InChI=1S/C9H11BrO6/c1-3-5(6(10)8(13)14)9(15)16-4(2)7(11)12/h4H,3H2,1-2H3,(H,11,12)(H,13,14)/b6-5+. The van der Waals surface area contributed by atoms with E-state index in [-0.39, 0.29) is 16.5 Å². The minimum absolute atomic E-state index is 0.111. The Bertz CT molecular complexity index is 346. The number of carbonyl (C=O) groups is 3. The summed E-state index contributed by atoms with van der Waals surface area (Å²) in [5.74, 6) is -3.56. The Kier molecular flexibility index (Phi) is 5.73. The van der Waals surface area contributed by atoms with Crippen molar-refractivity contribution in [3.05, 3.63) is 10.1 Å². The first-order valence-corrected chi connectivity index (χ1v) is 5.16. The summed E-state index contributed by atoms with van der Waals surface area (Å²) in [5.41, 5.74) is -0.111. The van der Waals surface area contributed by atoms with Crippen molar-refractivity contribution < 1.29 is 29.3 Å². The van der Waals surface area contributed by atoms with Gasteiger partial charge in [0.05, 0.1) is 5.57 Å². The summed E-state index contributed by atoms with van der Waals surface area (Å²) in [6.07, 6.45) is -1.19. The number of aliphatic carboxylic acids is 2. The number of rotatable bonds is 5. The zero-order valence-electron chi connectivity index (χ0n) is 8.69. The maximum atomic E-state index is 11.4. The van der Waals surface area contributed by atoms with Crippen LogP contribution in [0.25, 0.3) is 0 Å². The van der Waals surface area contributed by atoms with Gasteiger partial charge in [-0.1, -0.05) is 6.92 Å². The summed E-state index contributed by atoms with van der Waals surface area (Å²) in [6.45, 7) is 2.74. The first-order valence-electron chi connectivity index (χ1n) is 4.37. The number of hydrogen-bond donors (Lipinski definition) is 2. The summed E-state index contributed by atoms with van der Waals surface area (Å²) in [6, 6.07) is 0. The Balaban J connectivity index is 4.88. The fourth-order valence-corrected chi connectivity index (χ4v) is 1.24. The molecule has 0 aliphatic heterocycles. The zero-order chi connectivity index (χ0) is 12.9. The maximum Gasteiger partial charge on any atom is 0.344 e. The van der Waals surface area contributed by atoms with E-state index in [1.54, 1.807) is 6.92 Å². The smallest absolute Gasteiger partial charge is 0.344 e. The molecular weight excluding hydrogens is 284 g/mol. The van der Waals surface area contributed by atoms with Gasteiger partial charge in [0.15, 0.2) is 6.10 Å². The van der Waals surface area contributed by atoms with Crippen LogP contribution in [0, 0.1) is 0 Å². The molecule has 0 heterocycles. The molecule has 0 aliphatic carbocycles. The molecule has 0 fully saturated rings. The van der Waals surface area contributed by atoms with Gasteiger partial charge in [-0.05, 0) is 29.3 Å². The van der Waals surface area contributed by atoms with Crippen LogP contribution in [0.15, 0.2) is 10.1 Å². The quantitative estimate of drug-likeness (QED) is 0.582. The lowest BCUT2D eigenvalue weighted by molar-refractivity contribution is -0.160. The van der Waals surface area contributed by atoms with Gasteiger partial charge in [-0.15, -0.1) is 0 Å². The van der Waals surface area contributed by atoms with Gasteiger partial charge in [-0.25, -0.2) is 14.4 Å². The molecule has 0 aliphatic rings. The molecule has 0 spiro atoms. The monoisotopic (exact) mass is 294 g/mol. The Morgan fingerprint density at radius 1 is 1.31 bits per heavy atom. The molecular formula is C9H11BrO6. The lowest BCUT2D eigenvalue weighted by Gasteiger charge is -2.10. The predicted octanol–water partition coefficient (Wildman–Crippen LogP) is 1.15. The van der Waals surface area contributed by atoms with Crippen molar-refractivity contribution in [2.24, 2.45) is 0 Å². The summed E-state index contributed by atoms with van der Waals surface area (Å²) < 4.78 is 4.22. The van der Waals surface area contributed by atoms with Crippen LogP contribution < -0.4 is 0 Å². The van der Waals surface area contributed by atoms with E-state index in [2.05, 4.69) is 20.7 Å². The fraction of sp³-hybridized carbons (Fsp3) is 0.444. The molecule has 0 radical (unpaired) electrons. The Labute approximate surface area is 100 Å². The van der Waals surface area contributed by atoms with Crippen molar-refractivity contribution >= 4 is 33.8 Å². The second kappa shape index (κ2) is 6.26. The first-order chi connectivity index (χ1) is 7.31. The normalized spacial score (nSPS) is 13.7. The van der Waals surface area contributed by atoms with E-state index in [1.165, 1.54) is 6.92 Å². The van der Waals surface area contributed by atoms with E-state index in [9.17, 15) is 14.4 Å². The van der Waals surface area contributed by atoms with Gasteiger partial charge in [0.2, 0.25) is 0 Å². The van der Waals surface area contributed by atoms with Crippen LogP contribution in [0.1, 0.15) is 20.3 Å². The molecule has 7 heteroatoms. The van der Waals surface area contributed by atoms with E-state index in [0.717, 1.165) is 0 Å². The van der Waals surface area contributed by atoms with Crippen molar-refractivity contribution in [3.8, 4) is 0 Å². The molecule has 0 aromatic rings. The molecule has 0 saturated heterocycles. The van der Waals surface area contributed by atoms with Crippen LogP contribution in [-0.2, 0) is 19.1 Å². The Hall–Kier alpha value is -1.37. The molecule has 0 aromatic carbocycles. The third-order valence-electron chi connectivity index (χ3n) is 1.68. The third kappa shape index (κ3) is 4.01. The van der Waals surface area contributed by atoms with Crippen LogP contribution in [0.4, 0.5) is 0 Å². The highest BCUT2D eigenvalue weighted by Gasteiger charge is 2.22. The van der Waals surface area contributed by atoms with Gasteiger partial charge in [0.25, 0.3) is 0 Å². The average Bonchev–Trinajstić information content (AvgIpc) is 2.18. The maximum absolute atomic E-state index is 11.4. The molecule has 0 amide bonds. The van der Waals surface area contributed by atoms with E-state index >= 15 is 0 Å². The molecule has 6 nitrogen and oxygen atoms in total. The second-order valence-electron chi connectivity index (χ2n) is 2.84. The van der Waals surface area contributed by atoms with E-state index in [1.807, 2.05) is 0 Å². The molecule has 0 rings (SSSR count). The van der Waals surface area contributed by atoms with Gasteiger partial charge in [0, 0.05) is 0 Å². The molecule has 2 N–H and O–H groups in total. The van der Waals surface area contributed by atoms with E-state index in [0.29, 0.717) is 0 Å². The van der Waals surface area contributed by atoms with Crippen molar-refractivity contribution in [2.45, 2.75) is 26.4 Å². The highest BCUT2D eigenvalue weighted by molar-refractivity contribution is 9.12. The van der Waals surface area contributed by atoms with Crippen molar-refractivity contribution in [3.63, 3.8) is 0 Å². The van der Waals surface area contributed by atoms with Gasteiger partial charge in [-0.2, -0.15) is 0 Å². The Morgan fingerprint density at radius 2 is 1.81 bits per heavy atom. The van der Waals surface area contributed by atoms with Crippen LogP contribution in [0.2, 0.25) is 0 Å². The van der Waals surface area contributed by atoms with Gasteiger partial charge in [-0.3, -0.25) is 0 Å². The molecule has 1 unspecified atom stereocenters. The summed E-state index contributed by atoms with van der Waals surface area (Å²) in [7, 11) is 0. The average molecular weight is 295 g/mol. The van der Waals surface area contributed by atoms with Crippen molar-refractivity contribution in [2.75, 3.05) is 0 Å². The van der Waals surface area contributed by atoms with Crippen LogP contribution >= 0.6 is 15.9 Å². The summed E-state index contributed by atoms with van der Waals surface area (Å²) >= 11 is 2.73. The second-order valence-corrected chi connectivity index (χ2v) is 3.63. The number of hydrogen-bond acceptors (Lipinski definition) is 4. The third-order valence-corrected chi connectivity index (χ3v) is 2.50. The molecule has 90 valence electrons. The molecule has 16 heavy (non-hydrogen) atoms. The van der Waals surface area contributed by atoms with Gasteiger partial charge in [0.1, 0.15) is 4.48 Å². The lowest BCUT2D eigenvalue weighted by Crippen LogP contribution is -2.25.